The monoisotopic (exact) mass is 771 g/mol. The summed E-state index contributed by atoms with van der Waals surface area (Å²) < 4.78 is 19.8. The maximum absolute atomic E-state index is 13.6. The molecule has 3 aromatic heterocycles. The van der Waals surface area contributed by atoms with Crippen LogP contribution < -0.4 is 5.19 Å². The number of aryl methyl sites for hydroxylation is 1. The van der Waals surface area contributed by atoms with Crippen molar-refractivity contribution < 1.29 is 28.9 Å². The second-order valence-electron chi connectivity index (χ2n) is 11.6. The minimum absolute atomic E-state index is 0. The van der Waals surface area contributed by atoms with Crippen molar-refractivity contribution in [2.45, 2.75) is 26.6 Å². The molecule has 221 valence electrons. The van der Waals surface area contributed by atoms with Crippen molar-refractivity contribution in [3.05, 3.63) is 139 Å². The summed E-state index contributed by atoms with van der Waals surface area (Å²) in [6, 6.07) is 39.1. The van der Waals surface area contributed by atoms with Crippen LogP contribution >= 0.6 is 0 Å². The molecule has 0 fully saturated rings. The van der Waals surface area contributed by atoms with Gasteiger partial charge in [0.15, 0.2) is 0 Å². The molecule has 0 bridgehead atoms. The zero-order valence-corrected chi connectivity index (χ0v) is 28.4. The minimum atomic E-state index is -1.23. The van der Waals surface area contributed by atoms with Crippen LogP contribution in [0.15, 0.2) is 120 Å². The van der Waals surface area contributed by atoms with Gasteiger partial charge in [0, 0.05) is 37.9 Å². The van der Waals surface area contributed by atoms with Gasteiger partial charge in [0.1, 0.15) is 11.4 Å². The molecule has 3 nitrogen and oxygen atoms in total. The molecular formula is C38H31FIrN2OSi-2. The Balaban J connectivity index is 0.000000194. The molecule has 0 saturated carbocycles. The zero-order valence-electron chi connectivity index (χ0n) is 25.0. The van der Waals surface area contributed by atoms with Crippen LogP contribution in [0, 0.1) is 24.9 Å². The molecule has 0 spiro atoms. The average Bonchev–Trinajstić information content (AvgIpc) is 3.40. The van der Waals surface area contributed by atoms with E-state index >= 15 is 0 Å². The van der Waals surface area contributed by atoms with Crippen LogP contribution in [0.25, 0.3) is 55.6 Å². The van der Waals surface area contributed by atoms with Crippen molar-refractivity contribution in [3.63, 3.8) is 0 Å². The van der Waals surface area contributed by atoms with E-state index in [4.69, 9.17) is 4.42 Å². The van der Waals surface area contributed by atoms with Gasteiger partial charge < -0.3 is 14.4 Å². The van der Waals surface area contributed by atoms with E-state index in [2.05, 4.69) is 53.9 Å². The standard InChI is InChI=1S/C24H15FNO.C14H16NSi.Ir/c1-15-10-11-26-22(12-15)21-7-3-6-20-19-9-8-17(14-23(19)27-24(20)21)16-4-2-5-18(25)13-16;1-16(2,3)13-9-10-14(15-11-13)12-7-5-4-6-8-12;/h2-6,8-14H,1H3;4-7,9-11H,1-3H3;/q2*-1;. The quantitative estimate of drug-likeness (QED) is 0.132. The SMILES string of the molecule is C[Si](C)(C)c1ccc(-c2[c-]cccc2)nc1.Cc1ccnc(-c2[c-]ccc3c2oc2cc(-c4cccc(F)c4)ccc23)c1.[Ir]. The predicted octanol–water partition coefficient (Wildman–Crippen LogP) is 9.65. The van der Waals surface area contributed by atoms with Crippen molar-refractivity contribution in [2.24, 2.45) is 0 Å². The van der Waals surface area contributed by atoms with Gasteiger partial charge in [-0.25, -0.2) is 4.39 Å². The van der Waals surface area contributed by atoms with E-state index in [1.807, 2.05) is 85.9 Å². The largest absolute Gasteiger partial charge is 0.501 e. The number of furan rings is 1. The first-order valence-corrected chi connectivity index (χ1v) is 17.8. The van der Waals surface area contributed by atoms with Crippen LogP contribution in [0.1, 0.15) is 5.56 Å². The van der Waals surface area contributed by atoms with Gasteiger partial charge >= 0.3 is 0 Å². The first kappa shape index (κ1) is 31.2. The van der Waals surface area contributed by atoms with E-state index < -0.39 is 8.07 Å². The Labute approximate surface area is 272 Å². The van der Waals surface area contributed by atoms with Gasteiger partial charge in [-0.3, -0.25) is 0 Å². The van der Waals surface area contributed by atoms with E-state index in [0.717, 1.165) is 61.1 Å². The third kappa shape index (κ3) is 6.79. The minimum Gasteiger partial charge on any atom is -0.501 e. The Bertz CT molecular complexity index is 2030. The second-order valence-corrected chi connectivity index (χ2v) is 16.7. The van der Waals surface area contributed by atoms with Crippen LogP contribution in [0.3, 0.4) is 0 Å². The third-order valence-electron chi connectivity index (χ3n) is 7.38. The molecule has 1 radical (unpaired) electrons. The normalized spacial score (nSPS) is 11.1. The molecule has 0 aliphatic rings. The van der Waals surface area contributed by atoms with Gasteiger partial charge in [0.05, 0.1) is 13.7 Å². The fourth-order valence-electron chi connectivity index (χ4n) is 5.00. The number of fused-ring (bicyclic) bond motifs is 3. The molecule has 0 atom stereocenters. The van der Waals surface area contributed by atoms with Crippen molar-refractivity contribution >= 4 is 35.2 Å². The molecule has 6 heteroatoms. The first-order chi connectivity index (χ1) is 20.8. The molecule has 0 unspecified atom stereocenters. The number of halogens is 1. The van der Waals surface area contributed by atoms with E-state index in [-0.39, 0.29) is 25.9 Å². The Morgan fingerprint density at radius 1 is 0.727 bits per heavy atom. The Kier molecular flexibility index (Phi) is 9.35. The van der Waals surface area contributed by atoms with Crippen molar-refractivity contribution in [2.75, 3.05) is 0 Å². The number of hydrogen-bond acceptors (Lipinski definition) is 3. The third-order valence-corrected chi connectivity index (χ3v) is 9.41. The summed E-state index contributed by atoms with van der Waals surface area (Å²) in [4.78, 5) is 8.99. The summed E-state index contributed by atoms with van der Waals surface area (Å²) in [6.45, 7) is 9.03. The molecular weight excluding hydrogens is 740 g/mol. The van der Waals surface area contributed by atoms with Gasteiger partial charge in [-0.15, -0.1) is 54.1 Å². The molecule has 3 heterocycles. The van der Waals surface area contributed by atoms with Crippen molar-refractivity contribution in [3.8, 4) is 33.6 Å². The number of benzene rings is 4. The Morgan fingerprint density at radius 3 is 2.27 bits per heavy atom. The molecule has 0 amide bonds. The van der Waals surface area contributed by atoms with Gasteiger partial charge in [0.25, 0.3) is 0 Å². The van der Waals surface area contributed by atoms with Crippen LogP contribution in [-0.2, 0) is 20.1 Å². The fraction of sp³-hybridized carbons (Fsp3) is 0.105. The van der Waals surface area contributed by atoms with Crippen LogP contribution in [0.2, 0.25) is 19.6 Å². The number of nitrogens with zero attached hydrogens (tertiary/aromatic N) is 2. The second kappa shape index (κ2) is 13.2. The maximum atomic E-state index is 13.6. The molecule has 0 aliphatic carbocycles. The Hall–Kier alpha value is -4.22. The van der Waals surface area contributed by atoms with Gasteiger partial charge in [-0.2, -0.15) is 0 Å². The van der Waals surface area contributed by atoms with Gasteiger partial charge in [-0.05, 0) is 58.9 Å². The van der Waals surface area contributed by atoms with Gasteiger partial charge in [0.2, 0.25) is 0 Å². The number of pyridine rings is 2. The smallest absolute Gasteiger partial charge is 0.123 e. The predicted molar refractivity (Wildman–Crippen MR) is 177 cm³/mol. The molecule has 7 rings (SSSR count). The van der Waals surface area contributed by atoms with Gasteiger partial charge in [-0.1, -0.05) is 78.6 Å². The summed E-state index contributed by atoms with van der Waals surface area (Å²) in [6.07, 6.45) is 3.81. The number of aromatic nitrogens is 2. The molecule has 7 aromatic rings. The summed E-state index contributed by atoms with van der Waals surface area (Å²) in [5.74, 6) is -0.250. The number of hydrogen-bond donors (Lipinski definition) is 0. The summed E-state index contributed by atoms with van der Waals surface area (Å²) >= 11 is 0. The van der Waals surface area contributed by atoms with E-state index in [1.54, 1.807) is 12.3 Å². The molecule has 4 aromatic carbocycles. The zero-order chi connectivity index (χ0) is 30.0. The maximum Gasteiger partial charge on any atom is 0.123 e. The summed E-state index contributed by atoms with van der Waals surface area (Å²) in [5.41, 5.74) is 8.15. The van der Waals surface area contributed by atoms with Crippen molar-refractivity contribution in [1.29, 1.82) is 0 Å². The summed E-state index contributed by atoms with van der Waals surface area (Å²) in [7, 11) is -1.23. The average molecular weight is 771 g/mol. The molecule has 0 N–H and O–H groups in total. The van der Waals surface area contributed by atoms with E-state index in [1.165, 1.54) is 17.3 Å². The fourth-order valence-corrected chi connectivity index (χ4v) is 6.04. The van der Waals surface area contributed by atoms with E-state index in [0.29, 0.717) is 0 Å². The topological polar surface area (TPSA) is 38.9 Å². The first-order valence-electron chi connectivity index (χ1n) is 14.3. The van der Waals surface area contributed by atoms with Crippen LogP contribution in [0.5, 0.6) is 0 Å². The van der Waals surface area contributed by atoms with Crippen molar-refractivity contribution in [1.82, 2.24) is 9.97 Å². The van der Waals surface area contributed by atoms with Crippen LogP contribution in [-0.4, -0.2) is 18.0 Å². The summed E-state index contributed by atoms with van der Waals surface area (Å²) in [5, 5.41) is 3.44. The molecule has 44 heavy (non-hydrogen) atoms. The van der Waals surface area contributed by atoms with Crippen LogP contribution in [0.4, 0.5) is 4.39 Å². The number of rotatable bonds is 4. The molecule has 0 saturated heterocycles. The van der Waals surface area contributed by atoms with E-state index in [9.17, 15) is 4.39 Å². The molecule has 0 aliphatic heterocycles. The Morgan fingerprint density at radius 2 is 1.57 bits per heavy atom.